The van der Waals surface area contributed by atoms with Gasteiger partial charge in [0, 0.05) is 37.2 Å². The minimum Gasteiger partial charge on any atom is -0.374 e. The molecule has 5 rings (SSSR count). The van der Waals surface area contributed by atoms with Crippen LogP contribution in [0.2, 0.25) is 0 Å². The number of hydrogen-bond acceptors (Lipinski definition) is 4. The van der Waals surface area contributed by atoms with E-state index in [4.69, 9.17) is 0 Å². The van der Waals surface area contributed by atoms with Crippen molar-refractivity contribution in [2.24, 2.45) is 0 Å². The topological polar surface area (TPSA) is 38.1 Å². The summed E-state index contributed by atoms with van der Waals surface area (Å²) < 4.78 is 2.86. The van der Waals surface area contributed by atoms with E-state index < -0.39 is 0 Å². The maximum absolute atomic E-state index is 12.4. The molecule has 0 unspecified atom stereocenters. The molecule has 0 amide bonds. The maximum atomic E-state index is 12.4. The minimum atomic E-state index is 0.0726. The van der Waals surface area contributed by atoms with Crippen LogP contribution in [0.15, 0.2) is 65.7 Å². The third-order valence-corrected chi connectivity index (χ3v) is 6.43. The SMILES string of the molecule is CN1CCCc2cc(-c3cncc(Cn4c(=O)sc5ccccc54)c3)ccc21. The maximum Gasteiger partial charge on any atom is 0.308 e. The average molecular weight is 388 g/mol. The highest BCUT2D eigenvalue weighted by atomic mass is 32.1. The normalized spacial score (nSPS) is 13.7. The van der Waals surface area contributed by atoms with Gasteiger partial charge in [0.25, 0.3) is 0 Å². The number of rotatable bonds is 3. The summed E-state index contributed by atoms with van der Waals surface area (Å²) in [4.78, 5) is 19.3. The van der Waals surface area contributed by atoms with E-state index >= 15 is 0 Å². The van der Waals surface area contributed by atoms with Crippen LogP contribution in [0, 0.1) is 0 Å². The largest absolute Gasteiger partial charge is 0.374 e. The summed E-state index contributed by atoms with van der Waals surface area (Å²) in [7, 11) is 2.16. The molecule has 4 nitrogen and oxygen atoms in total. The van der Waals surface area contributed by atoms with Crippen molar-refractivity contribution in [3.05, 3.63) is 81.7 Å². The lowest BCUT2D eigenvalue weighted by Crippen LogP contribution is -2.24. The van der Waals surface area contributed by atoms with Crippen LogP contribution in [0.25, 0.3) is 21.3 Å². The first-order valence-electron chi connectivity index (χ1n) is 9.56. The molecule has 0 N–H and O–H groups in total. The van der Waals surface area contributed by atoms with Crippen LogP contribution in [0.4, 0.5) is 5.69 Å². The van der Waals surface area contributed by atoms with Gasteiger partial charge < -0.3 is 4.90 Å². The summed E-state index contributed by atoms with van der Waals surface area (Å²) in [5.74, 6) is 0. The number of nitrogens with zero attached hydrogens (tertiary/aromatic N) is 3. The molecule has 2 aromatic carbocycles. The van der Waals surface area contributed by atoms with Crippen LogP contribution in [0.1, 0.15) is 17.5 Å². The third-order valence-electron chi connectivity index (χ3n) is 5.47. The Morgan fingerprint density at radius 2 is 1.96 bits per heavy atom. The van der Waals surface area contributed by atoms with Gasteiger partial charge in [0.15, 0.2) is 0 Å². The third kappa shape index (κ3) is 3.02. The molecule has 3 heterocycles. The monoisotopic (exact) mass is 387 g/mol. The number of anilines is 1. The highest BCUT2D eigenvalue weighted by Crippen LogP contribution is 2.31. The molecule has 0 saturated carbocycles. The van der Waals surface area contributed by atoms with E-state index in [0.717, 1.165) is 34.3 Å². The highest BCUT2D eigenvalue weighted by Gasteiger charge is 2.14. The van der Waals surface area contributed by atoms with E-state index in [0.29, 0.717) is 6.54 Å². The Labute approximate surface area is 167 Å². The molecule has 0 radical (unpaired) electrons. The van der Waals surface area contributed by atoms with Crippen LogP contribution >= 0.6 is 11.3 Å². The van der Waals surface area contributed by atoms with Crippen molar-refractivity contribution in [2.45, 2.75) is 19.4 Å². The second-order valence-electron chi connectivity index (χ2n) is 7.37. The van der Waals surface area contributed by atoms with Gasteiger partial charge in [-0.3, -0.25) is 14.3 Å². The average Bonchev–Trinajstić information content (AvgIpc) is 3.03. The quantitative estimate of drug-likeness (QED) is 0.517. The van der Waals surface area contributed by atoms with E-state index in [1.54, 1.807) is 0 Å². The van der Waals surface area contributed by atoms with Crippen molar-refractivity contribution in [3.63, 3.8) is 0 Å². The number of hydrogen-bond donors (Lipinski definition) is 0. The summed E-state index contributed by atoms with van der Waals surface area (Å²) in [6.45, 7) is 1.66. The van der Waals surface area contributed by atoms with Crippen molar-refractivity contribution >= 4 is 27.2 Å². The Bertz CT molecular complexity index is 1220. The molecule has 28 heavy (non-hydrogen) atoms. The van der Waals surface area contributed by atoms with Crippen LogP contribution in [-0.2, 0) is 13.0 Å². The lowest BCUT2D eigenvalue weighted by Gasteiger charge is -2.27. The molecule has 140 valence electrons. The van der Waals surface area contributed by atoms with Crippen molar-refractivity contribution in [2.75, 3.05) is 18.5 Å². The summed E-state index contributed by atoms with van der Waals surface area (Å²) in [5.41, 5.74) is 7.04. The van der Waals surface area contributed by atoms with Gasteiger partial charge in [0.05, 0.1) is 16.8 Å². The molecule has 1 aliphatic rings. The lowest BCUT2D eigenvalue weighted by atomic mass is 9.96. The fourth-order valence-corrected chi connectivity index (χ4v) is 4.93. The van der Waals surface area contributed by atoms with Crippen molar-refractivity contribution < 1.29 is 0 Å². The molecule has 0 fully saturated rings. The van der Waals surface area contributed by atoms with E-state index in [2.05, 4.69) is 41.2 Å². The Morgan fingerprint density at radius 3 is 2.89 bits per heavy atom. The molecule has 5 heteroatoms. The fourth-order valence-electron chi connectivity index (χ4n) is 4.04. The van der Waals surface area contributed by atoms with Gasteiger partial charge in [-0.05, 0) is 59.9 Å². The second kappa shape index (κ2) is 6.91. The Morgan fingerprint density at radius 1 is 1.07 bits per heavy atom. The molecule has 2 aromatic heterocycles. The number of fused-ring (bicyclic) bond motifs is 2. The van der Waals surface area contributed by atoms with Crippen LogP contribution in [-0.4, -0.2) is 23.1 Å². The minimum absolute atomic E-state index is 0.0726. The summed E-state index contributed by atoms with van der Waals surface area (Å²) in [5, 5.41) is 0. The van der Waals surface area contributed by atoms with Crippen molar-refractivity contribution in [1.82, 2.24) is 9.55 Å². The van der Waals surface area contributed by atoms with Gasteiger partial charge in [-0.2, -0.15) is 0 Å². The van der Waals surface area contributed by atoms with Crippen molar-refractivity contribution in [1.29, 1.82) is 0 Å². The first-order chi connectivity index (χ1) is 13.7. The zero-order valence-corrected chi connectivity index (χ0v) is 16.6. The fraction of sp³-hybridized carbons (Fsp3) is 0.217. The smallest absolute Gasteiger partial charge is 0.308 e. The first-order valence-corrected chi connectivity index (χ1v) is 10.4. The number of benzene rings is 2. The number of para-hydroxylation sites is 1. The van der Waals surface area contributed by atoms with E-state index in [1.807, 2.05) is 41.2 Å². The molecule has 0 aliphatic carbocycles. The molecule has 0 atom stereocenters. The Balaban J connectivity index is 1.50. The van der Waals surface area contributed by atoms with Gasteiger partial charge in [-0.25, -0.2) is 0 Å². The van der Waals surface area contributed by atoms with Gasteiger partial charge in [0.2, 0.25) is 0 Å². The first kappa shape index (κ1) is 17.2. The predicted octanol–water partition coefficient (Wildman–Crippen LogP) is 4.56. The second-order valence-corrected chi connectivity index (χ2v) is 8.37. The molecule has 0 spiro atoms. The van der Waals surface area contributed by atoms with Gasteiger partial charge in [-0.1, -0.05) is 29.5 Å². The number of pyridine rings is 1. The van der Waals surface area contributed by atoms with Crippen LogP contribution < -0.4 is 9.77 Å². The van der Waals surface area contributed by atoms with E-state index in [1.165, 1.54) is 34.6 Å². The molecule has 0 saturated heterocycles. The molecular weight excluding hydrogens is 366 g/mol. The van der Waals surface area contributed by atoms with E-state index in [9.17, 15) is 4.79 Å². The Hall–Kier alpha value is -2.92. The number of thiazole rings is 1. The molecular formula is C23H21N3OS. The highest BCUT2D eigenvalue weighted by molar-refractivity contribution is 7.16. The summed E-state index contributed by atoms with van der Waals surface area (Å²) in [6.07, 6.45) is 6.08. The molecule has 4 aromatic rings. The van der Waals surface area contributed by atoms with Gasteiger partial charge >= 0.3 is 4.87 Å². The zero-order valence-electron chi connectivity index (χ0n) is 15.8. The van der Waals surface area contributed by atoms with Gasteiger partial charge in [0.1, 0.15) is 0 Å². The van der Waals surface area contributed by atoms with E-state index in [-0.39, 0.29) is 4.87 Å². The predicted molar refractivity (Wildman–Crippen MR) is 116 cm³/mol. The lowest BCUT2D eigenvalue weighted by molar-refractivity contribution is 0.745. The summed E-state index contributed by atoms with van der Waals surface area (Å²) in [6, 6.07) is 16.8. The van der Waals surface area contributed by atoms with Gasteiger partial charge in [-0.15, -0.1) is 0 Å². The molecule has 1 aliphatic heterocycles. The van der Waals surface area contributed by atoms with Crippen molar-refractivity contribution in [3.8, 4) is 11.1 Å². The number of aryl methyl sites for hydroxylation is 1. The van der Waals surface area contributed by atoms with Crippen LogP contribution in [0.5, 0.6) is 0 Å². The Kier molecular flexibility index (Phi) is 4.24. The zero-order chi connectivity index (χ0) is 19.1. The standard InChI is InChI=1S/C23H21N3OS/c1-25-10-4-5-18-12-17(8-9-20(18)25)19-11-16(13-24-14-19)15-26-21-6-2-3-7-22(21)28-23(26)27/h2-3,6-9,11-14H,4-5,10,15H2,1H3. The van der Waals surface area contributed by atoms with Crippen LogP contribution in [0.3, 0.4) is 0 Å². The number of aromatic nitrogens is 2. The summed E-state index contributed by atoms with van der Waals surface area (Å²) >= 11 is 1.30. The molecule has 0 bridgehead atoms.